The number of hydrogen-bond acceptors (Lipinski definition) is 3. The Balaban J connectivity index is 2.86. The van der Waals surface area contributed by atoms with Crippen molar-refractivity contribution in [3.8, 4) is 0 Å². The van der Waals surface area contributed by atoms with E-state index in [1.165, 1.54) is 0 Å². The zero-order chi connectivity index (χ0) is 15.5. The SMILES string of the molecule is CN(C)CC(C)(C)CNc1c(F)cc(C(N)=S)cc1F. The van der Waals surface area contributed by atoms with Gasteiger partial charge < -0.3 is 16.0 Å². The van der Waals surface area contributed by atoms with Crippen molar-refractivity contribution < 1.29 is 8.78 Å². The maximum Gasteiger partial charge on any atom is 0.150 e. The first-order chi connectivity index (χ1) is 9.12. The van der Waals surface area contributed by atoms with E-state index in [1.807, 2.05) is 32.8 Å². The highest BCUT2D eigenvalue weighted by atomic mass is 32.1. The first-order valence-corrected chi connectivity index (χ1v) is 6.71. The predicted molar refractivity (Wildman–Crippen MR) is 83.1 cm³/mol. The zero-order valence-corrected chi connectivity index (χ0v) is 13.1. The summed E-state index contributed by atoms with van der Waals surface area (Å²) in [7, 11) is 3.92. The fourth-order valence-electron chi connectivity index (χ4n) is 2.12. The number of halogens is 2. The van der Waals surface area contributed by atoms with Gasteiger partial charge in [0.1, 0.15) is 22.3 Å². The van der Waals surface area contributed by atoms with Crippen LogP contribution in [0, 0.1) is 17.0 Å². The Bertz CT molecular complexity index is 478. The van der Waals surface area contributed by atoms with Crippen molar-refractivity contribution in [1.82, 2.24) is 4.90 Å². The van der Waals surface area contributed by atoms with Crippen molar-refractivity contribution in [3.05, 3.63) is 29.3 Å². The number of nitrogens with two attached hydrogens (primary N) is 1. The largest absolute Gasteiger partial charge is 0.389 e. The lowest BCUT2D eigenvalue weighted by molar-refractivity contribution is 0.254. The molecule has 0 aliphatic carbocycles. The Kier molecular flexibility index (Phi) is 5.42. The number of thiocarbonyl (C=S) groups is 1. The van der Waals surface area contributed by atoms with Crippen LogP contribution in [0.25, 0.3) is 0 Å². The topological polar surface area (TPSA) is 41.3 Å². The lowest BCUT2D eigenvalue weighted by atomic mass is 9.93. The molecule has 0 atom stereocenters. The van der Waals surface area contributed by atoms with Crippen LogP contribution in [-0.2, 0) is 0 Å². The van der Waals surface area contributed by atoms with Gasteiger partial charge in [0.15, 0.2) is 0 Å². The number of nitrogens with one attached hydrogen (secondary N) is 1. The van der Waals surface area contributed by atoms with Crippen LogP contribution in [0.4, 0.5) is 14.5 Å². The molecule has 3 N–H and O–H groups in total. The van der Waals surface area contributed by atoms with Crippen molar-refractivity contribution in [2.45, 2.75) is 13.8 Å². The van der Waals surface area contributed by atoms with Crippen molar-refractivity contribution in [3.63, 3.8) is 0 Å². The Hall–Kier alpha value is -1.27. The van der Waals surface area contributed by atoms with Crippen LogP contribution in [0.1, 0.15) is 19.4 Å². The normalized spacial score (nSPS) is 11.8. The van der Waals surface area contributed by atoms with Crippen molar-refractivity contribution in [2.24, 2.45) is 11.1 Å². The molecule has 0 saturated heterocycles. The van der Waals surface area contributed by atoms with Crippen LogP contribution < -0.4 is 11.1 Å². The molecule has 3 nitrogen and oxygen atoms in total. The van der Waals surface area contributed by atoms with Gasteiger partial charge >= 0.3 is 0 Å². The van der Waals surface area contributed by atoms with Crippen molar-refractivity contribution in [2.75, 3.05) is 32.5 Å². The summed E-state index contributed by atoms with van der Waals surface area (Å²) in [5.74, 6) is -1.37. The molecule has 20 heavy (non-hydrogen) atoms. The van der Waals surface area contributed by atoms with Gasteiger partial charge in [-0.2, -0.15) is 0 Å². The number of nitrogens with zero attached hydrogens (tertiary/aromatic N) is 1. The zero-order valence-electron chi connectivity index (χ0n) is 12.3. The Morgan fingerprint density at radius 3 is 2.20 bits per heavy atom. The quantitative estimate of drug-likeness (QED) is 0.793. The summed E-state index contributed by atoms with van der Waals surface area (Å²) in [4.78, 5) is 2.01. The van der Waals surface area contributed by atoms with Gasteiger partial charge in [0.25, 0.3) is 0 Å². The molecular formula is C14H21F2N3S. The summed E-state index contributed by atoms with van der Waals surface area (Å²) in [5, 5.41) is 2.83. The van der Waals surface area contributed by atoms with Gasteiger partial charge in [-0.1, -0.05) is 26.1 Å². The standard InChI is InChI=1S/C14H21F2N3S/c1-14(2,8-19(3)4)7-18-12-10(15)5-9(13(17)20)6-11(12)16/h5-6,18H,7-8H2,1-4H3,(H2,17,20). The second-order valence-electron chi connectivity index (χ2n) is 5.93. The number of hydrogen-bond donors (Lipinski definition) is 2. The minimum atomic E-state index is -0.687. The van der Waals surface area contributed by atoms with Crippen molar-refractivity contribution >= 4 is 22.9 Å². The highest BCUT2D eigenvalue weighted by Gasteiger charge is 2.21. The second kappa shape index (κ2) is 6.45. The second-order valence-corrected chi connectivity index (χ2v) is 6.37. The van der Waals surface area contributed by atoms with Crippen molar-refractivity contribution in [1.29, 1.82) is 0 Å². The molecule has 0 heterocycles. The fourth-order valence-corrected chi connectivity index (χ4v) is 2.24. The van der Waals surface area contributed by atoms with Gasteiger partial charge in [0, 0.05) is 18.7 Å². The summed E-state index contributed by atoms with van der Waals surface area (Å²) in [6.07, 6.45) is 0. The van der Waals surface area contributed by atoms with E-state index >= 15 is 0 Å². The molecule has 0 aliphatic heterocycles. The molecule has 0 aliphatic rings. The molecule has 1 aromatic carbocycles. The molecule has 0 unspecified atom stereocenters. The van der Waals surface area contributed by atoms with E-state index in [9.17, 15) is 8.78 Å². The first kappa shape index (κ1) is 16.8. The minimum absolute atomic E-state index is 0.0257. The van der Waals surface area contributed by atoms with Gasteiger partial charge in [-0.3, -0.25) is 0 Å². The smallest absolute Gasteiger partial charge is 0.150 e. The average Bonchev–Trinajstić information content (AvgIpc) is 2.25. The average molecular weight is 301 g/mol. The van der Waals surface area contributed by atoms with Crippen LogP contribution >= 0.6 is 12.2 Å². The molecule has 1 aromatic rings. The van der Waals surface area contributed by atoms with Crippen LogP contribution in [-0.4, -0.2) is 37.1 Å². The number of benzene rings is 1. The Labute approximate surface area is 124 Å². The molecular weight excluding hydrogens is 280 g/mol. The molecule has 0 bridgehead atoms. The summed E-state index contributed by atoms with van der Waals surface area (Å²) >= 11 is 4.71. The third kappa shape index (κ3) is 4.68. The highest BCUT2D eigenvalue weighted by Crippen LogP contribution is 2.23. The van der Waals surface area contributed by atoms with E-state index in [0.29, 0.717) is 6.54 Å². The predicted octanol–water partition coefficient (Wildman–Crippen LogP) is 2.60. The summed E-state index contributed by atoms with van der Waals surface area (Å²) in [5.41, 5.74) is 5.30. The molecule has 0 amide bonds. The van der Waals surface area contributed by atoms with E-state index in [-0.39, 0.29) is 21.7 Å². The molecule has 0 saturated carbocycles. The summed E-state index contributed by atoms with van der Waals surface area (Å²) in [6.45, 7) is 5.30. The van der Waals surface area contributed by atoms with Gasteiger partial charge in [-0.05, 0) is 31.6 Å². The molecule has 0 fully saturated rings. The van der Waals surface area contributed by atoms with Crippen LogP contribution in [0.15, 0.2) is 12.1 Å². The van der Waals surface area contributed by atoms with E-state index in [1.54, 1.807) is 0 Å². The van der Waals surface area contributed by atoms with E-state index < -0.39 is 11.6 Å². The minimum Gasteiger partial charge on any atom is -0.389 e. The van der Waals surface area contributed by atoms with E-state index in [4.69, 9.17) is 18.0 Å². The van der Waals surface area contributed by atoms with E-state index in [2.05, 4.69) is 5.32 Å². The molecule has 1 rings (SSSR count). The maximum atomic E-state index is 13.9. The molecule has 0 spiro atoms. The Morgan fingerprint density at radius 1 is 1.30 bits per heavy atom. The molecule has 6 heteroatoms. The highest BCUT2D eigenvalue weighted by molar-refractivity contribution is 7.80. The maximum absolute atomic E-state index is 13.9. The Morgan fingerprint density at radius 2 is 1.80 bits per heavy atom. The molecule has 0 radical (unpaired) electrons. The van der Waals surface area contributed by atoms with Gasteiger partial charge in [0.2, 0.25) is 0 Å². The molecule has 112 valence electrons. The fraction of sp³-hybridized carbons (Fsp3) is 0.500. The van der Waals surface area contributed by atoms with Crippen LogP contribution in [0.3, 0.4) is 0 Å². The third-order valence-corrected chi connectivity index (χ3v) is 3.05. The monoisotopic (exact) mass is 301 g/mol. The summed E-state index contributed by atoms with van der Waals surface area (Å²) in [6, 6.07) is 2.29. The van der Waals surface area contributed by atoms with Gasteiger partial charge in [-0.15, -0.1) is 0 Å². The van der Waals surface area contributed by atoms with E-state index in [0.717, 1.165) is 18.7 Å². The number of rotatable bonds is 6. The van der Waals surface area contributed by atoms with Gasteiger partial charge in [0.05, 0.1) is 0 Å². The first-order valence-electron chi connectivity index (χ1n) is 6.30. The lowest BCUT2D eigenvalue weighted by Crippen LogP contribution is -2.34. The third-order valence-electron chi connectivity index (χ3n) is 2.81. The summed E-state index contributed by atoms with van der Waals surface area (Å²) < 4.78 is 27.8. The van der Waals surface area contributed by atoms with Crippen LogP contribution in [0.2, 0.25) is 0 Å². The number of anilines is 1. The van der Waals surface area contributed by atoms with Gasteiger partial charge in [-0.25, -0.2) is 8.78 Å². The van der Waals surface area contributed by atoms with Crippen LogP contribution in [0.5, 0.6) is 0 Å². The lowest BCUT2D eigenvalue weighted by Gasteiger charge is -2.29. The molecule has 0 aromatic heterocycles.